The number of methoxy groups -OCH3 is 1. The van der Waals surface area contributed by atoms with Gasteiger partial charge in [-0.15, -0.1) is 0 Å². The van der Waals surface area contributed by atoms with Gasteiger partial charge in [-0.05, 0) is 18.8 Å². The lowest BCUT2D eigenvalue weighted by molar-refractivity contribution is -0.138. The third-order valence-electron chi connectivity index (χ3n) is 2.48. The van der Waals surface area contributed by atoms with Crippen molar-refractivity contribution < 1.29 is 14.6 Å². The molecule has 86 valence electrons. The number of ether oxygens (including phenoxy) is 1. The number of carboxylic acid groups (broad SMARTS) is 1. The summed E-state index contributed by atoms with van der Waals surface area (Å²) in [5.74, 6) is 0.0253. The molecule has 1 heterocycles. The van der Waals surface area contributed by atoms with E-state index in [1.165, 1.54) is 13.3 Å². The zero-order valence-corrected chi connectivity index (χ0v) is 8.88. The Morgan fingerprint density at radius 3 is 3.00 bits per heavy atom. The van der Waals surface area contributed by atoms with Gasteiger partial charge in [0.2, 0.25) is 11.8 Å². The topological polar surface area (TPSA) is 84.3 Å². The second-order valence-electron chi connectivity index (χ2n) is 3.72. The molecule has 2 rings (SSSR count). The molecule has 16 heavy (non-hydrogen) atoms. The average molecular weight is 223 g/mol. The maximum Gasteiger partial charge on any atom is 0.326 e. The van der Waals surface area contributed by atoms with Gasteiger partial charge >= 0.3 is 5.97 Å². The SMILES string of the molecule is COc1ccnc(NC(C(=O)O)C2CC2)n1. The van der Waals surface area contributed by atoms with Crippen LogP contribution in [0.5, 0.6) is 5.88 Å². The highest BCUT2D eigenvalue weighted by molar-refractivity contribution is 5.77. The van der Waals surface area contributed by atoms with Crippen LogP contribution in [-0.4, -0.2) is 34.2 Å². The molecule has 2 N–H and O–H groups in total. The Labute approximate surface area is 92.7 Å². The smallest absolute Gasteiger partial charge is 0.326 e. The molecule has 1 atom stereocenters. The number of hydrogen-bond acceptors (Lipinski definition) is 5. The lowest BCUT2D eigenvalue weighted by atomic mass is 10.2. The number of anilines is 1. The van der Waals surface area contributed by atoms with E-state index in [9.17, 15) is 4.79 Å². The monoisotopic (exact) mass is 223 g/mol. The molecule has 1 aliphatic carbocycles. The van der Waals surface area contributed by atoms with Gasteiger partial charge < -0.3 is 15.2 Å². The maximum atomic E-state index is 11.0. The zero-order chi connectivity index (χ0) is 11.5. The first-order chi connectivity index (χ1) is 7.70. The van der Waals surface area contributed by atoms with Crippen LogP contribution in [0.2, 0.25) is 0 Å². The van der Waals surface area contributed by atoms with E-state index in [4.69, 9.17) is 9.84 Å². The van der Waals surface area contributed by atoms with Crippen LogP contribution in [0.25, 0.3) is 0 Å². The van der Waals surface area contributed by atoms with E-state index in [0.717, 1.165) is 12.8 Å². The van der Waals surface area contributed by atoms with Crippen molar-refractivity contribution in [2.75, 3.05) is 12.4 Å². The lowest BCUT2D eigenvalue weighted by Gasteiger charge is -2.13. The highest BCUT2D eigenvalue weighted by Crippen LogP contribution is 2.34. The number of nitrogens with zero attached hydrogens (tertiary/aromatic N) is 2. The van der Waals surface area contributed by atoms with Crippen molar-refractivity contribution in [2.24, 2.45) is 5.92 Å². The first-order valence-electron chi connectivity index (χ1n) is 5.07. The van der Waals surface area contributed by atoms with Crippen LogP contribution in [-0.2, 0) is 4.79 Å². The molecule has 0 radical (unpaired) electrons. The molecular weight excluding hydrogens is 210 g/mol. The molecule has 1 fully saturated rings. The number of hydrogen-bond donors (Lipinski definition) is 2. The van der Waals surface area contributed by atoms with Crippen LogP contribution >= 0.6 is 0 Å². The van der Waals surface area contributed by atoms with Crippen molar-refractivity contribution in [1.29, 1.82) is 0 Å². The fraction of sp³-hybridized carbons (Fsp3) is 0.500. The minimum absolute atomic E-state index is 0.187. The van der Waals surface area contributed by atoms with Crippen molar-refractivity contribution in [2.45, 2.75) is 18.9 Å². The average Bonchev–Trinajstić information content (AvgIpc) is 3.10. The third-order valence-corrected chi connectivity index (χ3v) is 2.48. The third kappa shape index (κ3) is 2.39. The van der Waals surface area contributed by atoms with E-state index in [2.05, 4.69) is 15.3 Å². The Morgan fingerprint density at radius 1 is 1.69 bits per heavy atom. The number of aliphatic carboxylic acids is 1. The first kappa shape index (κ1) is 10.7. The van der Waals surface area contributed by atoms with Gasteiger partial charge in [0, 0.05) is 12.3 Å². The fourth-order valence-electron chi connectivity index (χ4n) is 1.48. The summed E-state index contributed by atoms with van der Waals surface area (Å²) in [4.78, 5) is 19.0. The van der Waals surface area contributed by atoms with Gasteiger partial charge in [-0.3, -0.25) is 0 Å². The summed E-state index contributed by atoms with van der Waals surface area (Å²) >= 11 is 0. The van der Waals surface area contributed by atoms with Crippen LogP contribution in [0.3, 0.4) is 0 Å². The van der Waals surface area contributed by atoms with Crippen molar-refractivity contribution in [3.63, 3.8) is 0 Å². The van der Waals surface area contributed by atoms with Gasteiger partial charge in [-0.1, -0.05) is 0 Å². The highest BCUT2D eigenvalue weighted by Gasteiger charge is 2.36. The number of rotatable bonds is 5. The molecule has 0 aromatic carbocycles. The molecular formula is C10H13N3O3. The fourth-order valence-corrected chi connectivity index (χ4v) is 1.48. The number of carboxylic acids is 1. The Balaban J connectivity index is 2.08. The Morgan fingerprint density at radius 2 is 2.44 bits per heavy atom. The van der Waals surface area contributed by atoms with Crippen molar-refractivity contribution in [3.8, 4) is 5.88 Å². The highest BCUT2D eigenvalue weighted by atomic mass is 16.5. The van der Waals surface area contributed by atoms with Gasteiger partial charge in [-0.2, -0.15) is 4.98 Å². The Kier molecular flexibility index (Phi) is 2.89. The van der Waals surface area contributed by atoms with Crippen molar-refractivity contribution in [3.05, 3.63) is 12.3 Å². The lowest BCUT2D eigenvalue weighted by Crippen LogP contribution is -2.32. The zero-order valence-electron chi connectivity index (χ0n) is 8.88. The van der Waals surface area contributed by atoms with E-state index < -0.39 is 12.0 Å². The van der Waals surface area contributed by atoms with Crippen molar-refractivity contribution >= 4 is 11.9 Å². The second kappa shape index (κ2) is 4.34. The number of carbonyl (C=O) groups is 1. The minimum Gasteiger partial charge on any atom is -0.481 e. The predicted octanol–water partition coefficient (Wildman–Crippen LogP) is 0.760. The summed E-state index contributed by atoms with van der Waals surface area (Å²) in [6.07, 6.45) is 3.40. The molecule has 1 aromatic heterocycles. The molecule has 1 aromatic rings. The molecule has 1 unspecified atom stereocenters. The summed E-state index contributed by atoms with van der Waals surface area (Å²) in [6.45, 7) is 0. The normalized spacial score (nSPS) is 16.6. The first-order valence-corrected chi connectivity index (χ1v) is 5.07. The Bertz CT molecular complexity index is 393. The van der Waals surface area contributed by atoms with Crippen molar-refractivity contribution in [1.82, 2.24) is 9.97 Å². The molecule has 0 amide bonds. The summed E-state index contributed by atoms with van der Waals surface area (Å²) in [5, 5.41) is 11.8. The number of aromatic nitrogens is 2. The molecule has 6 heteroatoms. The van der Waals surface area contributed by atoms with Crippen LogP contribution in [0.15, 0.2) is 12.3 Å². The molecule has 0 saturated heterocycles. The molecule has 1 aliphatic rings. The molecule has 0 aliphatic heterocycles. The van der Waals surface area contributed by atoms with Gasteiger partial charge in [0.25, 0.3) is 0 Å². The van der Waals surface area contributed by atoms with Crippen LogP contribution in [0.1, 0.15) is 12.8 Å². The van der Waals surface area contributed by atoms with E-state index in [-0.39, 0.29) is 5.92 Å². The standard InChI is InChI=1S/C10H13N3O3/c1-16-7-4-5-11-10(12-7)13-8(9(14)15)6-2-3-6/h4-6,8H,2-3H2,1H3,(H,14,15)(H,11,12,13). The summed E-state index contributed by atoms with van der Waals surface area (Å²) < 4.78 is 4.93. The second-order valence-corrected chi connectivity index (χ2v) is 3.72. The summed E-state index contributed by atoms with van der Waals surface area (Å²) in [7, 11) is 1.50. The van der Waals surface area contributed by atoms with E-state index >= 15 is 0 Å². The van der Waals surface area contributed by atoms with E-state index in [1.54, 1.807) is 6.07 Å². The van der Waals surface area contributed by atoms with Crippen LogP contribution in [0, 0.1) is 5.92 Å². The number of nitrogens with one attached hydrogen (secondary N) is 1. The summed E-state index contributed by atoms with van der Waals surface area (Å²) in [5.41, 5.74) is 0. The minimum atomic E-state index is -0.867. The van der Waals surface area contributed by atoms with Crippen LogP contribution in [0.4, 0.5) is 5.95 Å². The van der Waals surface area contributed by atoms with Crippen LogP contribution < -0.4 is 10.1 Å². The quantitative estimate of drug-likeness (QED) is 0.766. The van der Waals surface area contributed by atoms with E-state index in [0.29, 0.717) is 11.8 Å². The summed E-state index contributed by atoms with van der Waals surface area (Å²) in [6, 6.07) is 1.00. The molecule has 0 bridgehead atoms. The van der Waals surface area contributed by atoms with Gasteiger partial charge in [-0.25, -0.2) is 9.78 Å². The van der Waals surface area contributed by atoms with Gasteiger partial charge in [0.1, 0.15) is 6.04 Å². The largest absolute Gasteiger partial charge is 0.481 e. The molecule has 6 nitrogen and oxygen atoms in total. The molecule has 0 spiro atoms. The van der Waals surface area contributed by atoms with E-state index in [1.807, 2.05) is 0 Å². The van der Waals surface area contributed by atoms with Gasteiger partial charge in [0.15, 0.2) is 0 Å². The maximum absolute atomic E-state index is 11.0. The van der Waals surface area contributed by atoms with Gasteiger partial charge in [0.05, 0.1) is 7.11 Å². The molecule has 1 saturated carbocycles. The predicted molar refractivity (Wildman–Crippen MR) is 56.4 cm³/mol. The Hall–Kier alpha value is -1.85.